The summed E-state index contributed by atoms with van der Waals surface area (Å²) in [4.78, 5) is 0. The maximum absolute atomic E-state index is 6.90. The summed E-state index contributed by atoms with van der Waals surface area (Å²) in [5, 5.41) is -0.208. The van der Waals surface area contributed by atoms with Crippen LogP contribution in [0, 0.1) is 13.8 Å². The molecule has 4 heteroatoms. The predicted octanol–water partition coefficient (Wildman–Crippen LogP) is 8.22. The Kier molecular flexibility index (Phi) is 6.10. The Labute approximate surface area is 169 Å². The number of alkyl halides is 1. The largest absolute Gasteiger partial charge is 0.112 e. The third-order valence-electron chi connectivity index (χ3n) is 4.01. The number of rotatable bonds is 2. The van der Waals surface area contributed by atoms with Crippen LogP contribution >= 0.6 is 59.4 Å². The van der Waals surface area contributed by atoms with Crippen molar-refractivity contribution in [2.45, 2.75) is 45.4 Å². The molecule has 23 heavy (non-hydrogen) atoms. The lowest BCUT2D eigenvalue weighted by Crippen LogP contribution is -2.13. The Hall–Kier alpha value is 0.170. The van der Waals surface area contributed by atoms with Gasteiger partial charge < -0.3 is 0 Å². The van der Waals surface area contributed by atoms with Gasteiger partial charge >= 0.3 is 0 Å². The molecule has 0 spiro atoms. The van der Waals surface area contributed by atoms with E-state index in [1.807, 2.05) is 12.1 Å². The number of halogens is 4. The molecular weight excluding hydrogens is 503 g/mol. The van der Waals surface area contributed by atoms with Crippen LogP contribution in [0.1, 0.15) is 54.0 Å². The molecule has 0 aliphatic heterocycles. The van der Waals surface area contributed by atoms with Gasteiger partial charge in [-0.05, 0) is 53.6 Å². The number of benzene rings is 2. The monoisotopic (exact) mass is 520 g/mol. The minimum absolute atomic E-state index is 0.134. The van der Waals surface area contributed by atoms with Gasteiger partial charge in [0, 0.05) is 19.0 Å². The van der Waals surface area contributed by atoms with Gasteiger partial charge in [-0.3, -0.25) is 0 Å². The highest BCUT2D eigenvalue weighted by molar-refractivity contribution is 9.11. The van der Waals surface area contributed by atoms with Gasteiger partial charge in [0.05, 0.1) is 5.38 Å². The average molecular weight is 524 g/mol. The fourth-order valence-electron chi connectivity index (χ4n) is 2.75. The first-order valence-corrected chi connectivity index (χ1v) is 10.2. The van der Waals surface area contributed by atoms with E-state index in [2.05, 4.69) is 94.5 Å². The second kappa shape index (κ2) is 7.19. The highest BCUT2D eigenvalue weighted by Gasteiger charge is 2.23. The quantitative estimate of drug-likeness (QED) is 0.348. The summed E-state index contributed by atoms with van der Waals surface area (Å²) in [7, 11) is 0. The number of aryl methyl sites for hydroxylation is 2. The van der Waals surface area contributed by atoms with Crippen LogP contribution in [-0.2, 0) is 5.41 Å². The third kappa shape index (κ3) is 4.23. The van der Waals surface area contributed by atoms with Crippen molar-refractivity contribution in [2.75, 3.05) is 0 Å². The van der Waals surface area contributed by atoms with E-state index in [9.17, 15) is 0 Å². The van der Waals surface area contributed by atoms with E-state index in [0.29, 0.717) is 0 Å². The van der Waals surface area contributed by atoms with Crippen molar-refractivity contribution in [1.29, 1.82) is 0 Å². The molecule has 0 aliphatic carbocycles. The first-order valence-electron chi connectivity index (χ1n) is 7.42. The molecule has 1 atom stereocenters. The summed E-state index contributed by atoms with van der Waals surface area (Å²) in [5.74, 6) is 0. The van der Waals surface area contributed by atoms with Crippen molar-refractivity contribution in [3.63, 3.8) is 0 Å². The van der Waals surface area contributed by atoms with E-state index >= 15 is 0 Å². The first-order chi connectivity index (χ1) is 10.5. The molecule has 0 saturated carbocycles. The van der Waals surface area contributed by atoms with Gasteiger partial charge in [0.25, 0.3) is 0 Å². The Balaban J connectivity index is 2.59. The zero-order chi connectivity index (χ0) is 17.5. The number of hydrogen-bond acceptors (Lipinski definition) is 0. The van der Waals surface area contributed by atoms with Crippen molar-refractivity contribution in [3.05, 3.63) is 65.5 Å². The lowest BCUT2D eigenvalue weighted by molar-refractivity contribution is 0.588. The van der Waals surface area contributed by atoms with Crippen LogP contribution in [0.3, 0.4) is 0 Å². The molecule has 0 N–H and O–H groups in total. The van der Waals surface area contributed by atoms with E-state index in [4.69, 9.17) is 11.6 Å². The smallest absolute Gasteiger partial charge is 0.0862 e. The Morgan fingerprint density at radius 3 is 1.65 bits per heavy atom. The molecule has 0 fully saturated rings. The molecule has 0 aromatic heterocycles. The van der Waals surface area contributed by atoms with Crippen LogP contribution in [0.4, 0.5) is 0 Å². The fraction of sp³-hybridized carbons (Fsp3) is 0.368. The highest BCUT2D eigenvalue weighted by atomic mass is 79.9. The molecule has 0 aliphatic rings. The topological polar surface area (TPSA) is 0 Å². The Bertz CT molecular complexity index is 699. The molecule has 0 nitrogen and oxygen atoms in total. The molecule has 0 bridgehead atoms. The van der Waals surface area contributed by atoms with Gasteiger partial charge in [0.15, 0.2) is 0 Å². The van der Waals surface area contributed by atoms with Gasteiger partial charge in [-0.2, -0.15) is 0 Å². The van der Waals surface area contributed by atoms with E-state index in [-0.39, 0.29) is 10.8 Å². The maximum Gasteiger partial charge on any atom is 0.0862 e. The van der Waals surface area contributed by atoms with E-state index in [1.165, 1.54) is 22.3 Å². The highest BCUT2D eigenvalue weighted by Crippen LogP contribution is 2.43. The maximum atomic E-state index is 6.90. The van der Waals surface area contributed by atoms with Crippen LogP contribution in [0.2, 0.25) is 0 Å². The van der Waals surface area contributed by atoms with E-state index in [0.717, 1.165) is 19.0 Å². The molecule has 2 aromatic rings. The molecule has 124 valence electrons. The molecular formula is C19H20Br3Cl. The Morgan fingerprint density at radius 2 is 1.26 bits per heavy atom. The fourth-order valence-corrected chi connectivity index (χ4v) is 6.31. The normalized spacial score (nSPS) is 13.3. The van der Waals surface area contributed by atoms with E-state index < -0.39 is 0 Å². The summed E-state index contributed by atoms with van der Waals surface area (Å²) in [6.07, 6.45) is 0. The van der Waals surface area contributed by atoms with Crippen LogP contribution in [-0.4, -0.2) is 0 Å². The van der Waals surface area contributed by atoms with Crippen molar-refractivity contribution in [1.82, 2.24) is 0 Å². The molecule has 1 unspecified atom stereocenters. The molecule has 2 aromatic carbocycles. The number of hydrogen-bond donors (Lipinski definition) is 0. The summed E-state index contributed by atoms with van der Waals surface area (Å²) in [6.45, 7) is 11.0. The Morgan fingerprint density at radius 1 is 0.826 bits per heavy atom. The van der Waals surface area contributed by atoms with Gasteiger partial charge in [-0.25, -0.2) is 0 Å². The summed E-state index contributed by atoms with van der Waals surface area (Å²) < 4.78 is 3.01. The summed E-state index contributed by atoms with van der Waals surface area (Å²) >= 11 is 17.7. The SMILES string of the molecule is Cc1cc(C(C)(C)C)cc(C)c1C(Cl)c1c(Br)cc(Br)cc1Br. The summed E-state index contributed by atoms with van der Waals surface area (Å²) in [5.41, 5.74) is 6.18. The molecule has 0 saturated heterocycles. The zero-order valence-corrected chi connectivity index (χ0v) is 19.4. The van der Waals surface area contributed by atoms with Crippen LogP contribution < -0.4 is 0 Å². The minimum Gasteiger partial charge on any atom is -0.112 e. The average Bonchev–Trinajstić information content (AvgIpc) is 2.35. The molecule has 0 amide bonds. The predicted molar refractivity (Wildman–Crippen MR) is 112 cm³/mol. The minimum atomic E-state index is -0.208. The van der Waals surface area contributed by atoms with Gasteiger partial charge in [0.2, 0.25) is 0 Å². The van der Waals surface area contributed by atoms with Crippen LogP contribution in [0.15, 0.2) is 37.7 Å². The zero-order valence-electron chi connectivity index (χ0n) is 13.9. The van der Waals surface area contributed by atoms with Crippen molar-refractivity contribution >= 4 is 59.4 Å². The van der Waals surface area contributed by atoms with Crippen molar-refractivity contribution in [3.8, 4) is 0 Å². The summed E-state index contributed by atoms with van der Waals surface area (Å²) in [6, 6.07) is 8.59. The standard InChI is InChI=1S/C19H20Br3Cl/c1-10-6-12(19(3,4)5)7-11(2)16(10)18(23)17-14(21)8-13(20)9-15(17)22/h6-9,18H,1-5H3. The first kappa shape index (κ1) is 19.5. The molecule has 0 heterocycles. The van der Waals surface area contributed by atoms with Gasteiger partial charge in [-0.1, -0.05) is 80.7 Å². The van der Waals surface area contributed by atoms with Crippen molar-refractivity contribution < 1.29 is 0 Å². The third-order valence-corrected chi connectivity index (χ3v) is 6.22. The lowest BCUT2D eigenvalue weighted by atomic mass is 9.83. The van der Waals surface area contributed by atoms with E-state index in [1.54, 1.807) is 0 Å². The van der Waals surface area contributed by atoms with Gasteiger partial charge in [0.1, 0.15) is 0 Å². The lowest BCUT2D eigenvalue weighted by Gasteiger charge is -2.25. The van der Waals surface area contributed by atoms with Crippen LogP contribution in [0.25, 0.3) is 0 Å². The van der Waals surface area contributed by atoms with Crippen molar-refractivity contribution in [2.24, 2.45) is 0 Å². The second-order valence-electron chi connectivity index (χ2n) is 6.92. The van der Waals surface area contributed by atoms with Gasteiger partial charge in [-0.15, -0.1) is 11.6 Å². The van der Waals surface area contributed by atoms with Crippen LogP contribution in [0.5, 0.6) is 0 Å². The second-order valence-corrected chi connectivity index (χ2v) is 9.98. The molecule has 0 radical (unpaired) electrons. The molecule has 2 rings (SSSR count).